The van der Waals surface area contributed by atoms with Crippen molar-refractivity contribution in [2.45, 2.75) is 12.2 Å². The van der Waals surface area contributed by atoms with Gasteiger partial charge >= 0.3 is 5.97 Å². The molecule has 10 nitrogen and oxygen atoms in total. The highest BCUT2D eigenvalue weighted by Gasteiger charge is 2.35. The van der Waals surface area contributed by atoms with E-state index in [-0.39, 0.29) is 43.9 Å². The largest absolute Gasteiger partial charge is 0.480 e. The van der Waals surface area contributed by atoms with Gasteiger partial charge in [-0.3, -0.25) is 10.1 Å². The summed E-state index contributed by atoms with van der Waals surface area (Å²) in [5.41, 5.74) is 8.78. The standard InChI is InChI=1S/C19H21N5O5/c20-19-23-13-7-11(1-3-15(13)29-19)12-2-4-16-22-8-14(24(16)9-12)18(27)21-5-6-28-10-17(25)26/h1-4,7,9,14,16,22H,5-6,8,10H2,(H2,20,23)(H,21,27)(H,25,26). The summed E-state index contributed by atoms with van der Waals surface area (Å²) >= 11 is 0. The van der Waals surface area contributed by atoms with Gasteiger partial charge in [0.15, 0.2) is 5.58 Å². The number of carbonyl (C=O) groups excluding carboxylic acids is 1. The van der Waals surface area contributed by atoms with Gasteiger partial charge in [0.25, 0.3) is 6.01 Å². The lowest BCUT2D eigenvalue weighted by Gasteiger charge is -2.29. The topological polar surface area (TPSA) is 143 Å². The highest BCUT2D eigenvalue weighted by atomic mass is 16.5. The normalized spacial score (nSPS) is 20.6. The van der Waals surface area contributed by atoms with Crippen LogP contribution in [-0.4, -0.2) is 65.4 Å². The number of allylic oxidation sites excluding steroid dienone is 2. The zero-order chi connectivity index (χ0) is 20.4. The number of amides is 1. The third-order valence-electron chi connectivity index (χ3n) is 4.76. The Morgan fingerprint density at radius 1 is 1.45 bits per heavy atom. The van der Waals surface area contributed by atoms with Crippen LogP contribution in [0.1, 0.15) is 5.56 Å². The Balaban J connectivity index is 1.43. The molecule has 3 heterocycles. The Morgan fingerprint density at radius 2 is 2.31 bits per heavy atom. The average molecular weight is 399 g/mol. The zero-order valence-corrected chi connectivity index (χ0v) is 15.5. The number of benzene rings is 1. The number of oxazole rings is 1. The highest BCUT2D eigenvalue weighted by Crippen LogP contribution is 2.28. The van der Waals surface area contributed by atoms with Crippen molar-refractivity contribution >= 4 is 34.6 Å². The van der Waals surface area contributed by atoms with Crippen molar-refractivity contribution < 1.29 is 23.8 Å². The molecule has 1 saturated heterocycles. The van der Waals surface area contributed by atoms with E-state index in [0.29, 0.717) is 17.6 Å². The van der Waals surface area contributed by atoms with Crippen molar-refractivity contribution in [1.29, 1.82) is 0 Å². The van der Waals surface area contributed by atoms with E-state index in [1.54, 1.807) is 0 Å². The summed E-state index contributed by atoms with van der Waals surface area (Å²) in [6.07, 6.45) is 5.88. The van der Waals surface area contributed by atoms with Gasteiger partial charge in [0.2, 0.25) is 5.91 Å². The number of hydrogen-bond donors (Lipinski definition) is 4. The van der Waals surface area contributed by atoms with Gasteiger partial charge in [0.1, 0.15) is 18.2 Å². The first-order chi connectivity index (χ1) is 14.0. The second-order valence-corrected chi connectivity index (χ2v) is 6.73. The summed E-state index contributed by atoms with van der Waals surface area (Å²) in [4.78, 5) is 29.1. The average Bonchev–Trinajstić information content (AvgIpc) is 3.28. The number of nitrogens with one attached hydrogen (secondary N) is 2. The van der Waals surface area contributed by atoms with E-state index < -0.39 is 5.97 Å². The molecule has 2 unspecified atom stereocenters. The summed E-state index contributed by atoms with van der Waals surface area (Å²) in [7, 11) is 0. The fourth-order valence-electron chi connectivity index (χ4n) is 3.42. The number of nitrogens with two attached hydrogens (primary N) is 1. The van der Waals surface area contributed by atoms with Crippen LogP contribution in [0.25, 0.3) is 16.7 Å². The minimum absolute atomic E-state index is 0.0656. The third-order valence-corrected chi connectivity index (χ3v) is 4.76. The molecule has 2 aliphatic rings. The van der Waals surface area contributed by atoms with Gasteiger partial charge in [0.05, 0.1) is 12.8 Å². The van der Waals surface area contributed by atoms with Gasteiger partial charge in [-0.25, -0.2) is 4.79 Å². The number of anilines is 1. The van der Waals surface area contributed by atoms with E-state index in [0.717, 1.165) is 11.1 Å². The molecular weight excluding hydrogens is 378 g/mol. The molecule has 29 heavy (non-hydrogen) atoms. The van der Waals surface area contributed by atoms with Gasteiger partial charge < -0.3 is 30.2 Å². The number of aromatic nitrogens is 1. The molecule has 10 heteroatoms. The number of hydrogen-bond acceptors (Lipinski definition) is 8. The minimum Gasteiger partial charge on any atom is -0.480 e. The summed E-state index contributed by atoms with van der Waals surface area (Å²) in [6.45, 7) is 0.508. The summed E-state index contributed by atoms with van der Waals surface area (Å²) < 4.78 is 10.2. The number of nitrogens with zero attached hydrogens (tertiary/aromatic N) is 2. The number of ether oxygens (including phenoxy) is 1. The van der Waals surface area contributed by atoms with Gasteiger partial charge in [-0.15, -0.1) is 0 Å². The van der Waals surface area contributed by atoms with Crippen LogP contribution in [0, 0.1) is 0 Å². The third kappa shape index (κ3) is 4.08. The van der Waals surface area contributed by atoms with Crippen LogP contribution in [-0.2, 0) is 14.3 Å². The Kier molecular flexibility index (Phi) is 5.19. The molecule has 2 aliphatic heterocycles. The molecule has 0 bridgehead atoms. The van der Waals surface area contributed by atoms with Crippen LogP contribution in [0.2, 0.25) is 0 Å². The van der Waals surface area contributed by atoms with Gasteiger partial charge in [-0.05, 0) is 29.3 Å². The number of aliphatic carboxylic acids is 1. The molecule has 152 valence electrons. The lowest BCUT2D eigenvalue weighted by molar-refractivity contribution is -0.142. The van der Waals surface area contributed by atoms with Crippen molar-refractivity contribution in [3.05, 3.63) is 42.1 Å². The van der Waals surface area contributed by atoms with Gasteiger partial charge in [-0.1, -0.05) is 12.1 Å². The van der Waals surface area contributed by atoms with E-state index in [2.05, 4.69) is 15.6 Å². The number of nitrogen functional groups attached to an aromatic ring is 1. The molecular formula is C19H21N5O5. The van der Waals surface area contributed by atoms with Crippen LogP contribution >= 0.6 is 0 Å². The Morgan fingerprint density at radius 3 is 3.14 bits per heavy atom. The van der Waals surface area contributed by atoms with Gasteiger partial charge in [-0.2, -0.15) is 4.98 Å². The number of rotatable bonds is 7. The Labute approximate surface area is 166 Å². The predicted molar refractivity (Wildman–Crippen MR) is 104 cm³/mol. The van der Waals surface area contributed by atoms with Crippen LogP contribution in [0.5, 0.6) is 0 Å². The number of carboxylic acid groups (broad SMARTS) is 1. The predicted octanol–water partition coefficient (Wildman–Crippen LogP) is 0.138. The molecule has 2 atom stereocenters. The Hall–Kier alpha value is -3.37. The molecule has 2 aromatic rings. The second kappa shape index (κ2) is 7.94. The summed E-state index contributed by atoms with van der Waals surface area (Å²) in [5.74, 6) is -1.19. The van der Waals surface area contributed by atoms with Crippen LogP contribution in [0.3, 0.4) is 0 Å². The van der Waals surface area contributed by atoms with Crippen molar-refractivity contribution in [1.82, 2.24) is 20.5 Å². The molecule has 4 rings (SSSR count). The molecule has 1 aromatic carbocycles. The summed E-state index contributed by atoms with van der Waals surface area (Å²) in [5, 5.41) is 14.6. The number of carboxylic acids is 1. The SMILES string of the molecule is Nc1nc2cc(C3=CN4C(C=C3)NCC4C(=O)NCCOCC(=O)O)ccc2o1. The molecule has 0 aliphatic carbocycles. The fraction of sp³-hybridized carbons (Fsp3) is 0.316. The van der Waals surface area contributed by atoms with Crippen LogP contribution < -0.4 is 16.4 Å². The lowest BCUT2D eigenvalue weighted by atomic mass is 10.0. The zero-order valence-electron chi connectivity index (χ0n) is 15.5. The maximum Gasteiger partial charge on any atom is 0.329 e. The van der Waals surface area contributed by atoms with Gasteiger partial charge in [0, 0.05) is 19.3 Å². The smallest absolute Gasteiger partial charge is 0.329 e. The fourth-order valence-corrected chi connectivity index (χ4v) is 3.42. The van der Waals surface area contributed by atoms with Crippen molar-refractivity contribution in [2.75, 3.05) is 32.0 Å². The first-order valence-electron chi connectivity index (χ1n) is 9.16. The highest BCUT2D eigenvalue weighted by molar-refractivity contribution is 5.86. The number of fused-ring (bicyclic) bond motifs is 2. The van der Waals surface area contributed by atoms with Crippen molar-refractivity contribution in [3.63, 3.8) is 0 Å². The molecule has 1 amide bonds. The second-order valence-electron chi connectivity index (χ2n) is 6.73. The van der Waals surface area contributed by atoms with Crippen LogP contribution in [0.15, 0.2) is 41.0 Å². The minimum atomic E-state index is -1.04. The molecule has 1 fully saturated rings. The van der Waals surface area contributed by atoms with E-state index in [1.165, 1.54) is 0 Å². The van der Waals surface area contributed by atoms with E-state index in [4.69, 9.17) is 20.0 Å². The van der Waals surface area contributed by atoms with Crippen LogP contribution in [0.4, 0.5) is 6.01 Å². The van der Waals surface area contributed by atoms with E-state index in [1.807, 2.05) is 41.5 Å². The van der Waals surface area contributed by atoms with Crippen molar-refractivity contribution in [2.24, 2.45) is 0 Å². The lowest BCUT2D eigenvalue weighted by Crippen LogP contribution is -2.45. The maximum atomic E-state index is 12.6. The molecule has 1 aromatic heterocycles. The molecule has 0 saturated carbocycles. The molecule has 0 radical (unpaired) electrons. The first kappa shape index (κ1) is 19.0. The van der Waals surface area contributed by atoms with E-state index in [9.17, 15) is 9.59 Å². The maximum absolute atomic E-state index is 12.6. The summed E-state index contributed by atoms with van der Waals surface area (Å²) in [6, 6.07) is 5.37. The quantitative estimate of drug-likeness (QED) is 0.478. The number of carbonyl (C=O) groups is 2. The van der Waals surface area contributed by atoms with Crippen molar-refractivity contribution in [3.8, 4) is 0 Å². The van der Waals surface area contributed by atoms with E-state index >= 15 is 0 Å². The molecule has 5 N–H and O–H groups in total. The monoisotopic (exact) mass is 399 g/mol. The molecule has 0 spiro atoms. The first-order valence-corrected chi connectivity index (χ1v) is 9.16. The Bertz CT molecular complexity index is 998.